The van der Waals surface area contributed by atoms with E-state index in [2.05, 4.69) is 20.3 Å². The van der Waals surface area contributed by atoms with E-state index in [1.165, 1.54) is 14.7 Å². The fraction of sp³-hybridized carbons (Fsp3) is 0.449. The Balaban J connectivity index is 1.28. The molecule has 14 nitrogen and oxygen atoms in total. The highest BCUT2D eigenvalue weighted by molar-refractivity contribution is 5.94. The molecule has 5 N–H and O–H groups in total. The lowest BCUT2D eigenvalue weighted by atomic mass is 9.92. The molecule has 1 atom stereocenters. The summed E-state index contributed by atoms with van der Waals surface area (Å²) in [6.07, 6.45) is 10.7. The molecule has 0 aliphatic rings. The number of hydrogen-bond donors (Lipinski definition) is 4. The number of carbonyl (C=O) groups is 6. The lowest BCUT2D eigenvalue weighted by Gasteiger charge is -2.28. The summed E-state index contributed by atoms with van der Waals surface area (Å²) < 4.78 is 0. The van der Waals surface area contributed by atoms with Crippen molar-refractivity contribution in [1.82, 2.24) is 35.0 Å². The third kappa shape index (κ3) is 14.8. The van der Waals surface area contributed by atoms with Crippen molar-refractivity contribution in [3.8, 4) is 0 Å². The molecule has 0 radical (unpaired) electrons. The zero-order chi connectivity index (χ0) is 45.0. The van der Waals surface area contributed by atoms with Gasteiger partial charge in [0.1, 0.15) is 5.78 Å². The van der Waals surface area contributed by atoms with Crippen LogP contribution in [0.25, 0.3) is 21.8 Å². The summed E-state index contributed by atoms with van der Waals surface area (Å²) in [5.74, 6) is -2.24. The van der Waals surface area contributed by atoms with Gasteiger partial charge in [-0.2, -0.15) is 0 Å². The molecule has 5 rings (SSSR count). The van der Waals surface area contributed by atoms with Crippen LogP contribution in [-0.2, 0) is 48.2 Å². The van der Waals surface area contributed by atoms with Crippen LogP contribution in [0.1, 0.15) is 81.9 Å². The van der Waals surface area contributed by atoms with Gasteiger partial charge >= 0.3 is 0 Å². The number of amides is 3. The fourth-order valence-electron chi connectivity index (χ4n) is 7.89. The molecule has 0 aliphatic carbocycles. The highest BCUT2D eigenvalue weighted by Crippen LogP contribution is 2.24. The van der Waals surface area contributed by atoms with Crippen molar-refractivity contribution in [1.29, 1.82) is 0 Å². The smallest absolute Gasteiger partial charge is 0.242 e. The van der Waals surface area contributed by atoms with Gasteiger partial charge in [-0.3, -0.25) is 33.8 Å². The van der Waals surface area contributed by atoms with Gasteiger partial charge in [0.15, 0.2) is 11.6 Å². The van der Waals surface area contributed by atoms with Crippen LogP contribution in [0.3, 0.4) is 0 Å². The van der Waals surface area contributed by atoms with Gasteiger partial charge in [-0.15, -0.1) is 0 Å². The number of pyridine rings is 1. The molecule has 0 saturated carbocycles. The molecule has 0 aliphatic heterocycles. The van der Waals surface area contributed by atoms with E-state index >= 15 is 0 Å². The molecule has 0 saturated heterocycles. The molecule has 14 heteroatoms. The van der Waals surface area contributed by atoms with Gasteiger partial charge in [0, 0.05) is 104 Å². The summed E-state index contributed by atoms with van der Waals surface area (Å²) >= 11 is 0. The zero-order valence-electron chi connectivity index (χ0n) is 36.9. The SMILES string of the molecule is CCCCC(=O)CN(CCC)C(=O)CN(CCc1c[nH]c2ccccc12)C(=O)CCC(=O)CN(CCCN)C(=O)C(CC(=O)CNCc1cccnc1)Cc1c[nH]c2ccccc12. The Morgan fingerprint density at radius 2 is 1.35 bits per heavy atom. The third-order valence-corrected chi connectivity index (χ3v) is 11.3. The number of carbonyl (C=O) groups excluding carboxylic acids is 6. The van der Waals surface area contributed by atoms with Crippen LogP contribution in [0.5, 0.6) is 0 Å². The summed E-state index contributed by atoms with van der Waals surface area (Å²) in [4.78, 5) is 97.4. The molecular weight excluding hydrogens is 797 g/mol. The quantitative estimate of drug-likeness (QED) is 0.0477. The van der Waals surface area contributed by atoms with Crippen molar-refractivity contribution in [2.45, 2.75) is 84.6 Å². The third-order valence-electron chi connectivity index (χ3n) is 11.3. The first kappa shape index (κ1) is 48.0. The van der Waals surface area contributed by atoms with Crippen LogP contribution in [0.15, 0.2) is 85.5 Å². The number of benzene rings is 2. The van der Waals surface area contributed by atoms with Crippen LogP contribution in [0, 0.1) is 5.92 Å². The predicted molar refractivity (Wildman–Crippen MR) is 246 cm³/mol. The maximum absolute atomic E-state index is 14.5. The molecule has 5 aromatic rings. The second-order valence-corrected chi connectivity index (χ2v) is 16.3. The van der Waals surface area contributed by atoms with E-state index in [0.29, 0.717) is 45.3 Å². The molecule has 63 heavy (non-hydrogen) atoms. The normalized spacial score (nSPS) is 11.7. The molecule has 2 aromatic carbocycles. The minimum Gasteiger partial charge on any atom is -0.361 e. The van der Waals surface area contributed by atoms with Crippen LogP contribution in [-0.4, -0.2) is 117 Å². The van der Waals surface area contributed by atoms with Crippen molar-refractivity contribution in [3.63, 3.8) is 0 Å². The lowest BCUT2D eigenvalue weighted by Crippen LogP contribution is -2.46. The molecule has 3 amide bonds. The molecule has 336 valence electrons. The van der Waals surface area contributed by atoms with E-state index in [1.807, 2.05) is 86.9 Å². The topological polar surface area (TPSA) is 195 Å². The Morgan fingerprint density at radius 1 is 0.683 bits per heavy atom. The van der Waals surface area contributed by atoms with E-state index in [9.17, 15) is 28.8 Å². The number of aromatic nitrogens is 3. The average molecular weight is 861 g/mol. The second kappa shape index (κ2) is 25.2. The van der Waals surface area contributed by atoms with E-state index in [-0.39, 0.29) is 100 Å². The summed E-state index contributed by atoms with van der Waals surface area (Å²) in [7, 11) is 0. The number of nitrogens with one attached hydrogen (secondary N) is 3. The number of para-hydroxylation sites is 2. The number of rotatable bonds is 29. The highest BCUT2D eigenvalue weighted by atomic mass is 16.2. The van der Waals surface area contributed by atoms with Crippen LogP contribution >= 0.6 is 0 Å². The van der Waals surface area contributed by atoms with Crippen LogP contribution < -0.4 is 11.1 Å². The molecule has 0 fully saturated rings. The summed E-state index contributed by atoms with van der Waals surface area (Å²) in [6.45, 7) is 5.10. The van der Waals surface area contributed by atoms with Crippen LogP contribution in [0.2, 0.25) is 0 Å². The minimum absolute atomic E-state index is 0.00286. The number of aromatic amines is 2. The number of nitrogens with two attached hydrogens (primary N) is 1. The largest absolute Gasteiger partial charge is 0.361 e. The Morgan fingerprint density at radius 3 is 2.03 bits per heavy atom. The van der Waals surface area contributed by atoms with E-state index in [4.69, 9.17) is 5.73 Å². The number of unbranched alkanes of at least 4 members (excludes halogenated alkanes) is 1. The molecule has 1 unspecified atom stereocenters. The van der Waals surface area contributed by atoms with Crippen molar-refractivity contribution in [2.75, 3.05) is 52.4 Å². The first-order valence-electron chi connectivity index (χ1n) is 22.4. The molecule has 0 bridgehead atoms. The number of ketones is 3. The minimum atomic E-state index is -0.755. The molecular formula is C49H64N8O6. The van der Waals surface area contributed by atoms with E-state index in [1.54, 1.807) is 12.4 Å². The van der Waals surface area contributed by atoms with Crippen molar-refractivity contribution in [3.05, 3.63) is 102 Å². The fourth-order valence-corrected chi connectivity index (χ4v) is 7.89. The number of Topliss-reactive ketones (excluding diaryl/α,β-unsaturated/α-hetero) is 3. The molecule has 3 heterocycles. The first-order chi connectivity index (χ1) is 30.6. The number of nitrogens with zero attached hydrogens (tertiary/aromatic N) is 4. The van der Waals surface area contributed by atoms with E-state index in [0.717, 1.165) is 51.3 Å². The van der Waals surface area contributed by atoms with Gasteiger partial charge in [-0.1, -0.05) is 62.7 Å². The van der Waals surface area contributed by atoms with Crippen molar-refractivity contribution < 1.29 is 28.8 Å². The first-order valence-corrected chi connectivity index (χ1v) is 22.4. The monoisotopic (exact) mass is 860 g/mol. The Kier molecular flexibility index (Phi) is 19.2. The van der Waals surface area contributed by atoms with Gasteiger partial charge in [0.2, 0.25) is 17.7 Å². The second-order valence-electron chi connectivity index (χ2n) is 16.3. The number of hydrogen-bond acceptors (Lipinski definition) is 9. The van der Waals surface area contributed by atoms with Gasteiger partial charge < -0.3 is 35.7 Å². The molecule has 3 aromatic heterocycles. The Labute approximate surface area is 370 Å². The average Bonchev–Trinajstić information content (AvgIpc) is 3.91. The number of H-pyrrole nitrogens is 2. The van der Waals surface area contributed by atoms with Crippen molar-refractivity contribution >= 4 is 56.9 Å². The number of fused-ring (bicyclic) bond motifs is 2. The van der Waals surface area contributed by atoms with E-state index < -0.39 is 5.92 Å². The van der Waals surface area contributed by atoms with Crippen LogP contribution in [0.4, 0.5) is 0 Å². The van der Waals surface area contributed by atoms with Crippen molar-refractivity contribution in [2.24, 2.45) is 11.7 Å². The lowest BCUT2D eigenvalue weighted by molar-refractivity contribution is -0.143. The molecule has 0 spiro atoms. The Bertz CT molecular complexity index is 2270. The predicted octanol–water partition coefficient (Wildman–Crippen LogP) is 5.55. The van der Waals surface area contributed by atoms with Gasteiger partial charge in [0.25, 0.3) is 0 Å². The van der Waals surface area contributed by atoms with Gasteiger partial charge in [-0.25, -0.2) is 0 Å². The zero-order valence-corrected chi connectivity index (χ0v) is 36.9. The maximum atomic E-state index is 14.5. The standard InChI is InChI=1S/C49H64N8O6/c1-3-5-13-40(58)33-55(23-4-2)48(62)35-56(25-20-37-30-53-45-16-8-6-14-43(37)45)47(61)19-18-41(59)34-57(24-11-21-50)49(63)38(26-39-31-54-46-17-9-7-15-44(39)46)27-42(60)32-52-29-36-12-10-22-51-28-36/h6-10,12,14-17,22,28,30-31,38,52-54H,3-5,11,13,18-21,23-27,29,32-35,50H2,1-2H3. The Hall–Kier alpha value is -5.99. The summed E-state index contributed by atoms with van der Waals surface area (Å²) in [6, 6.07) is 19.4. The summed E-state index contributed by atoms with van der Waals surface area (Å²) in [5, 5.41) is 5.14. The summed E-state index contributed by atoms with van der Waals surface area (Å²) in [5.41, 5.74) is 10.6. The van der Waals surface area contributed by atoms with Gasteiger partial charge in [0.05, 0.1) is 26.2 Å². The van der Waals surface area contributed by atoms with Gasteiger partial charge in [-0.05, 0) is 73.5 Å². The maximum Gasteiger partial charge on any atom is 0.242 e. The highest BCUT2D eigenvalue weighted by Gasteiger charge is 2.30.